The molecule has 0 atom stereocenters. The summed E-state index contributed by atoms with van der Waals surface area (Å²) < 4.78 is 14.0. The monoisotopic (exact) mass is 276 g/mol. The molecular weight excluding hydrogens is 259 g/mol. The highest BCUT2D eigenvalue weighted by Crippen LogP contribution is 2.25. The number of para-hydroxylation sites is 1. The summed E-state index contributed by atoms with van der Waals surface area (Å²) in [6.45, 7) is 2.66. The lowest BCUT2D eigenvalue weighted by atomic mass is 10.2. The van der Waals surface area contributed by atoms with E-state index >= 15 is 0 Å². The van der Waals surface area contributed by atoms with Crippen LogP contribution in [0.1, 0.15) is 12.2 Å². The molecule has 0 aliphatic heterocycles. The van der Waals surface area contributed by atoms with Crippen molar-refractivity contribution in [3.8, 4) is 0 Å². The summed E-state index contributed by atoms with van der Waals surface area (Å²) in [7, 11) is 0. The second-order valence-corrected chi connectivity index (χ2v) is 4.43. The highest BCUT2D eigenvalue weighted by Gasteiger charge is 2.15. The Morgan fingerprint density at radius 3 is 2.80 bits per heavy atom. The van der Waals surface area contributed by atoms with Crippen molar-refractivity contribution in [1.82, 2.24) is 9.97 Å². The molecule has 0 spiro atoms. The number of aromatic nitrogens is 2. The number of nitrogens with zero attached hydrogens (tertiary/aromatic N) is 2. The zero-order valence-corrected chi connectivity index (χ0v) is 11.3. The van der Waals surface area contributed by atoms with Gasteiger partial charge in [-0.15, -0.1) is 0 Å². The summed E-state index contributed by atoms with van der Waals surface area (Å²) in [5.41, 5.74) is 5.65. The fourth-order valence-electron chi connectivity index (χ4n) is 1.98. The first-order chi connectivity index (χ1) is 9.61. The van der Waals surface area contributed by atoms with Crippen LogP contribution in [0.4, 0.5) is 15.9 Å². The van der Waals surface area contributed by atoms with Crippen LogP contribution in [0.25, 0.3) is 0 Å². The highest BCUT2D eigenvalue weighted by molar-refractivity contribution is 5.60. The van der Waals surface area contributed by atoms with E-state index < -0.39 is 0 Å². The SMILES string of the molecule is Cc1nc(N(CCCN)c2ccccc2F)cc(=O)[nH]1. The molecule has 6 heteroatoms. The maximum Gasteiger partial charge on any atom is 0.252 e. The quantitative estimate of drug-likeness (QED) is 0.871. The molecule has 0 aliphatic carbocycles. The third-order valence-corrected chi connectivity index (χ3v) is 2.85. The van der Waals surface area contributed by atoms with Gasteiger partial charge in [0.25, 0.3) is 5.56 Å². The van der Waals surface area contributed by atoms with Gasteiger partial charge in [-0.2, -0.15) is 0 Å². The summed E-state index contributed by atoms with van der Waals surface area (Å²) >= 11 is 0. The van der Waals surface area contributed by atoms with E-state index in [-0.39, 0.29) is 11.4 Å². The first kappa shape index (κ1) is 14.2. The van der Waals surface area contributed by atoms with E-state index in [2.05, 4.69) is 9.97 Å². The van der Waals surface area contributed by atoms with Crippen LogP contribution in [0.2, 0.25) is 0 Å². The van der Waals surface area contributed by atoms with Crippen LogP contribution in [0.15, 0.2) is 35.1 Å². The maximum absolute atomic E-state index is 14.0. The molecule has 0 fully saturated rings. The first-order valence-corrected chi connectivity index (χ1v) is 6.42. The molecule has 1 aromatic heterocycles. The lowest BCUT2D eigenvalue weighted by molar-refractivity contribution is 0.622. The van der Waals surface area contributed by atoms with Crippen LogP contribution in [0.5, 0.6) is 0 Å². The minimum absolute atomic E-state index is 0.262. The molecule has 0 unspecified atom stereocenters. The molecule has 106 valence electrons. The van der Waals surface area contributed by atoms with Crippen LogP contribution < -0.4 is 16.2 Å². The Balaban J connectivity index is 2.47. The Labute approximate surface area is 116 Å². The second kappa shape index (κ2) is 6.29. The molecule has 2 aromatic rings. The zero-order chi connectivity index (χ0) is 14.5. The van der Waals surface area contributed by atoms with Gasteiger partial charge in [-0.1, -0.05) is 12.1 Å². The molecule has 20 heavy (non-hydrogen) atoms. The standard InChI is InChI=1S/C14H17FN4O/c1-10-17-13(9-14(20)18-10)19(8-4-7-16)12-6-3-2-5-11(12)15/h2-3,5-6,9H,4,7-8,16H2,1H3,(H,17,18,20). The topological polar surface area (TPSA) is 75.0 Å². The fraction of sp³-hybridized carbons (Fsp3) is 0.286. The van der Waals surface area contributed by atoms with E-state index in [4.69, 9.17) is 5.73 Å². The number of aromatic amines is 1. The third kappa shape index (κ3) is 3.21. The number of benzene rings is 1. The van der Waals surface area contributed by atoms with E-state index in [9.17, 15) is 9.18 Å². The van der Waals surface area contributed by atoms with E-state index in [0.717, 1.165) is 0 Å². The predicted octanol–water partition coefficient (Wildman–Crippen LogP) is 1.70. The van der Waals surface area contributed by atoms with Crippen LogP contribution in [-0.4, -0.2) is 23.1 Å². The van der Waals surface area contributed by atoms with Crippen LogP contribution in [-0.2, 0) is 0 Å². The van der Waals surface area contributed by atoms with Gasteiger partial charge in [-0.05, 0) is 32.0 Å². The molecule has 0 aliphatic rings. The van der Waals surface area contributed by atoms with Crippen LogP contribution in [0, 0.1) is 12.7 Å². The minimum Gasteiger partial charge on any atom is -0.330 e. The molecule has 1 heterocycles. The van der Waals surface area contributed by atoms with Gasteiger partial charge in [-0.3, -0.25) is 4.79 Å². The van der Waals surface area contributed by atoms with Gasteiger partial charge in [0.05, 0.1) is 5.69 Å². The van der Waals surface area contributed by atoms with Gasteiger partial charge in [-0.25, -0.2) is 9.37 Å². The fourth-order valence-corrected chi connectivity index (χ4v) is 1.98. The van der Waals surface area contributed by atoms with E-state index in [1.54, 1.807) is 30.0 Å². The van der Waals surface area contributed by atoms with Crippen molar-refractivity contribution in [2.75, 3.05) is 18.0 Å². The van der Waals surface area contributed by atoms with E-state index in [1.807, 2.05) is 0 Å². The number of H-pyrrole nitrogens is 1. The largest absolute Gasteiger partial charge is 0.330 e. The lowest BCUT2D eigenvalue weighted by Crippen LogP contribution is -2.25. The molecule has 2 rings (SSSR count). The highest BCUT2D eigenvalue weighted by atomic mass is 19.1. The van der Waals surface area contributed by atoms with Gasteiger partial charge in [0.2, 0.25) is 0 Å². The van der Waals surface area contributed by atoms with Crippen molar-refractivity contribution in [2.45, 2.75) is 13.3 Å². The van der Waals surface area contributed by atoms with Crippen LogP contribution in [0.3, 0.4) is 0 Å². The van der Waals surface area contributed by atoms with E-state index in [0.29, 0.717) is 36.8 Å². The summed E-state index contributed by atoms with van der Waals surface area (Å²) in [4.78, 5) is 20.1. The normalized spacial score (nSPS) is 10.6. The van der Waals surface area contributed by atoms with Crippen molar-refractivity contribution in [2.24, 2.45) is 5.73 Å². The maximum atomic E-state index is 14.0. The molecule has 0 amide bonds. The number of hydrogen-bond acceptors (Lipinski definition) is 4. The average Bonchev–Trinajstić information content (AvgIpc) is 2.40. The summed E-state index contributed by atoms with van der Waals surface area (Å²) in [6.07, 6.45) is 0.669. The van der Waals surface area contributed by atoms with E-state index in [1.165, 1.54) is 12.1 Å². The molecule has 3 N–H and O–H groups in total. The number of hydrogen-bond donors (Lipinski definition) is 2. The second-order valence-electron chi connectivity index (χ2n) is 4.43. The summed E-state index contributed by atoms with van der Waals surface area (Å²) in [5, 5.41) is 0. The van der Waals surface area contributed by atoms with Gasteiger partial charge in [0.15, 0.2) is 0 Å². The number of aryl methyl sites for hydroxylation is 1. The Kier molecular flexibility index (Phi) is 4.47. The molecule has 0 saturated heterocycles. The molecule has 0 bridgehead atoms. The first-order valence-electron chi connectivity index (χ1n) is 6.42. The van der Waals surface area contributed by atoms with Crippen LogP contribution >= 0.6 is 0 Å². The summed E-state index contributed by atoms with van der Waals surface area (Å²) in [6, 6.07) is 7.76. The Hall–Kier alpha value is -2.21. The summed E-state index contributed by atoms with van der Waals surface area (Å²) in [5.74, 6) is 0.552. The minimum atomic E-state index is -0.357. The van der Waals surface area contributed by atoms with Gasteiger partial charge < -0.3 is 15.6 Å². The Morgan fingerprint density at radius 2 is 2.15 bits per heavy atom. The average molecular weight is 276 g/mol. The van der Waals surface area contributed by atoms with Crippen molar-refractivity contribution in [3.05, 3.63) is 52.3 Å². The van der Waals surface area contributed by atoms with Crippen molar-refractivity contribution in [1.29, 1.82) is 0 Å². The molecular formula is C14H17FN4O. The van der Waals surface area contributed by atoms with Gasteiger partial charge in [0, 0.05) is 12.6 Å². The van der Waals surface area contributed by atoms with Gasteiger partial charge >= 0.3 is 0 Å². The molecule has 1 aromatic carbocycles. The molecule has 0 radical (unpaired) electrons. The van der Waals surface area contributed by atoms with Crippen molar-refractivity contribution >= 4 is 11.5 Å². The Bertz CT molecular complexity index is 641. The molecule has 5 nitrogen and oxygen atoms in total. The number of rotatable bonds is 5. The van der Waals surface area contributed by atoms with Crippen molar-refractivity contribution < 1.29 is 4.39 Å². The number of nitrogens with two attached hydrogens (primary N) is 1. The molecule has 0 saturated carbocycles. The third-order valence-electron chi connectivity index (χ3n) is 2.85. The van der Waals surface area contributed by atoms with Crippen molar-refractivity contribution in [3.63, 3.8) is 0 Å². The Morgan fingerprint density at radius 1 is 1.40 bits per heavy atom. The number of halogens is 1. The smallest absolute Gasteiger partial charge is 0.252 e. The number of anilines is 2. The predicted molar refractivity (Wildman–Crippen MR) is 76.7 cm³/mol. The number of nitrogens with one attached hydrogen (secondary N) is 1. The zero-order valence-electron chi connectivity index (χ0n) is 11.3. The lowest BCUT2D eigenvalue weighted by Gasteiger charge is -2.24. The van der Waals surface area contributed by atoms with Gasteiger partial charge in [0.1, 0.15) is 17.5 Å².